The van der Waals surface area contributed by atoms with Gasteiger partial charge < -0.3 is 19.5 Å². The van der Waals surface area contributed by atoms with Crippen molar-refractivity contribution in [2.75, 3.05) is 19.6 Å². The number of amides is 3. The van der Waals surface area contributed by atoms with Gasteiger partial charge in [0.1, 0.15) is 17.8 Å². The lowest BCUT2D eigenvalue weighted by molar-refractivity contribution is 0.0357. The fourth-order valence-corrected chi connectivity index (χ4v) is 2.62. The van der Waals surface area contributed by atoms with Gasteiger partial charge in [-0.1, -0.05) is 30.3 Å². The molecule has 0 aliphatic heterocycles. The molecule has 1 aromatic rings. The number of carbonyl (C=O) groups excluding carboxylic acids is 3. The molecule has 3 amide bonds. The van der Waals surface area contributed by atoms with E-state index in [1.54, 1.807) is 41.5 Å². The number of nitrogens with zero attached hydrogens (tertiary/aromatic N) is 2. The van der Waals surface area contributed by atoms with Gasteiger partial charge in [0.25, 0.3) is 0 Å². The molecule has 0 radical (unpaired) electrons. The van der Waals surface area contributed by atoms with E-state index in [0.717, 1.165) is 5.56 Å². The molecule has 0 saturated heterocycles. The summed E-state index contributed by atoms with van der Waals surface area (Å²) in [5, 5.41) is 5.11. The maximum absolute atomic E-state index is 12.9. The van der Waals surface area contributed by atoms with Gasteiger partial charge in [-0.2, -0.15) is 0 Å². The van der Waals surface area contributed by atoms with E-state index < -0.39 is 29.5 Å². The normalized spacial score (nSPS) is 11.6. The zero-order valence-corrected chi connectivity index (χ0v) is 22.1. The number of ether oxygens (including phenoxy) is 3. The Bertz CT molecular complexity index is 926. The summed E-state index contributed by atoms with van der Waals surface area (Å²) in [5.74, 6) is 2.44. The largest absolute Gasteiger partial charge is 0.445 e. The molecule has 0 bridgehead atoms. The predicted octanol–water partition coefficient (Wildman–Crippen LogP) is 4.44. The Balaban J connectivity index is 2.91. The fraction of sp³-hybridized carbons (Fsp3) is 0.538. The number of carbonyl (C=O) groups is 3. The van der Waals surface area contributed by atoms with Crippen LogP contribution in [0.1, 0.15) is 59.9 Å². The molecule has 2 N–H and O–H groups in total. The molecule has 1 rings (SSSR count). The van der Waals surface area contributed by atoms with Crippen LogP contribution in [0.2, 0.25) is 0 Å². The summed E-state index contributed by atoms with van der Waals surface area (Å²) in [4.78, 5) is 42.9. The van der Waals surface area contributed by atoms with Crippen LogP contribution in [0.4, 0.5) is 14.4 Å². The molecule has 36 heavy (non-hydrogen) atoms. The summed E-state index contributed by atoms with van der Waals surface area (Å²) in [6.45, 7) is 10.8. The average Bonchev–Trinajstić information content (AvgIpc) is 2.76. The van der Waals surface area contributed by atoms with E-state index in [4.69, 9.17) is 20.6 Å². The number of unbranched alkanes of at least 4 members (excludes halogenated alkanes) is 1. The van der Waals surface area contributed by atoms with Crippen molar-refractivity contribution in [1.29, 1.82) is 0 Å². The predicted molar refractivity (Wildman–Crippen MR) is 137 cm³/mol. The first-order valence-corrected chi connectivity index (χ1v) is 11.7. The number of benzene rings is 1. The highest BCUT2D eigenvalue weighted by Crippen LogP contribution is 2.12. The molecule has 10 nitrogen and oxygen atoms in total. The third-order valence-electron chi connectivity index (χ3n) is 4.04. The number of terminal acetylenes is 1. The second-order valence-corrected chi connectivity index (χ2v) is 9.76. The van der Waals surface area contributed by atoms with Gasteiger partial charge in [0.2, 0.25) is 5.96 Å². The van der Waals surface area contributed by atoms with E-state index in [2.05, 4.69) is 21.5 Å². The van der Waals surface area contributed by atoms with E-state index >= 15 is 0 Å². The number of rotatable bonds is 8. The third kappa shape index (κ3) is 13.8. The first-order chi connectivity index (χ1) is 16.8. The Kier molecular flexibility index (Phi) is 12.3. The Morgan fingerprint density at radius 1 is 1.00 bits per heavy atom. The maximum Gasteiger partial charge on any atom is 0.417 e. The first-order valence-electron chi connectivity index (χ1n) is 11.7. The Morgan fingerprint density at radius 3 is 2.22 bits per heavy atom. The van der Waals surface area contributed by atoms with Crippen LogP contribution in [0, 0.1) is 12.3 Å². The minimum Gasteiger partial charge on any atom is -0.445 e. The average molecular weight is 503 g/mol. The minimum atomic E-state index is -0.790. The summed E-state index contributed by atoms with van der Waals surface area (Å²) < 4.78 is 16.0. The molecule has 0 heterocycles. The topological polar surface area (TPSA) is 119 Å². The van der Waals surface area contributed by atoms with E-state index in [1.165, 1.54) is 4.90 Å². The van der Waals surface area contributed by atoms with Gasteiger partial charge >= 0.3 is 18.3 Å². The summed E-state index contributed by atoms with van der Waals surface area (Å²) in [5.41, 5.74) is -0.684. The molecule has 0 unspecified atom stereocenters. The van der Waals surface area contributed by atoms with Gasteiger partial charge in [0, 0.05) is 19.5 Å². The van der Waals surface area contributed by atoms with Crippen LogP contribution in [-0.2, 0) is 20.8 Å². The Morgan fingerprint density at radius 2 is 1.64 bits per heavy atom. The van der Waals surface area contributed by atoms with Crippen LogP contribution in [0.3, 0.4) is 0 Å². The molecule has 1 aromatic carbocycles. The minimum absolute atomic E-state index is 0.0417. The van der Waals surface area contributed by atoms with E-state index in [9.17, 15) is 14.4 Å². The van der Waals surface area contributed by atoms with Crippen LogP contribution in [-0.4, -0.2) is 60.0 Å². The van der Waals surface area contributed by atoms with E-state index in [0.29, 0.717) is 12.8 Å². The number of guanidine groups is 1. The standard InChI is InChI=1S/C26H38N4O6/c1-8-9-13-18-30(24(33)36-26(5,6)7)21(29-23(32)35-25(2,3)4)27-16-17-28-22(31)34-19-20-14-11-10-12-15-20/h1,10-12,14-15H,9,13,16-19H2,2-7H3,(H,28,31)(H,27,29,32). The van der Waals surface area contributed by atoms with Crippen LogP contribution >= 0.6 is 0 Å². The number of nitrogens with one attached hydrogen (secondary N) is 2. The molecule has 198 valence electrons. The smallest absolute Gasteiger partial charge is 0.417 e. The van der Waals surface area contributed by atoms with Gasteiger partial charge in [-0.15, -0.1) is 12.3 Å². The molecular formula is C26H38N4O6. The number of aliphatic imine (C=N–C) groups is 1. The fourth-order valence-electron chi connectivity index (χ4n) is 2.62. The monoisotopic (exact) mass is 502 g/mol. The Hall–Kier alpha value is -3.74. The molecule has 0 saturated carbocycles. The molecule has 0 aromatic heterocycles. The zero-order valence-electron chi connectivity index (χ0n) is 22.1. The lowest BCUT2D eigenvalue weighted by atomic mass is 10.2. The molecule has 0 aliphatic carbocycles. The number of alkyl carbamates (subject to hydrolysis) is 2. The van der Waals surface area contributed by atoms with Crippen molar-refractivity contribution in [3.8, 4) is 12.3 Å². The highest BCUT2D eigenvalue weighted by atomic mass is 16.6. The van der Waals surface area contributed by atoms with Crippen molar-refractivity contribution in [3.05, 3.63) is 35.9 Å². The summed E-state index contributed by atoms with van der Waals surface area (Å²) in [6, 6.07) is 9.27. The van der Waals surface area contributed by atoms with Gasteiger partial charge in [-0.3, -0.25) is 10.3 Å². The SMILES string of the molecule is C#CCCCN(C(=O)OC(C)(C)C)C(=NCCNC(=O)OCc1ccccc1)NC(=O)OC(C)(C)C. The van der Waals surface area contributed by atoms with Crippen molar-refractivity contribution in [2.24, 2.45) is 4.99 Å². The second-order valence-electron chi connectivity index (χ2n) is 9.76. The summed E-state index contributed by atoms with van der Waals surface area (Å²) >= 11 is 0. The van der Waals surface area contributed by atoms with Gasteiger partial charge in [0.05, 0.1) is 6.54 Å². The summed E-state index contributed by atoms with van der Waals surface area (Å²) in [7, 11) is 0. The van der Waals surface area contributed by atoms with Crippen molar-refractivity contribution < 1.29 is 28.6 Å². The summed E-state index contributed by atoms with van der Waals surface area (Å²) in [6.07, 6.45) is 4.10. The highest BCUT2D eigenvalue weighted by Gasteiger charge is 2.28. The van der Waals surface area contributed by atoms with Crippen LogP contribution in [0.25, 0.3) is 0 Å². The van der Waals surface area contributed by atoms with E-state index in [1.807, 2.05) is 30.3 Å². The first kappa shape index (κ1) is 30.3. The quantitative estimate of drug-likeness (QED) is 0.178. The van der Waals surface area contributed by atoms with Gasteiger partial charge in [-0.25, -0.2) is 19.3 Å². The third-order valence-corrected chi connectivity index (χ3v) is 4.04. The van der Waals surface area contributed by atoms with Crippen LogP contribution in [0.5, 0.6) is 0 Å². The maximum atomic E-state index is 12.9. The van der Waals surface area contributed by atoms with Crippen molar-refractivity contribution in [2.45, 2.75) is 72.2 Å². The molecular weight excluding hydrogens is 464 g/mol. The lowest BCUT2D eigenvalue weighted by Crippen LogP contribution is -2.50. The zero-order chi connectivity index (χ0) is 27.2. The second kappa shape index (κ2) is 14.6. The van der Waals surface area contributed by atoms with E-state index in [-0.39, 0.29) is 32.2 Å². The highest BCUT2D eigenvalue weighted by molar-refractivity contribution is 6.01. The lowest BCUT2D eigenvalue weighted by Gasteiger charge is -2.28. The number of hydrogen-bond acceptors (Lipinski definition) is 7. The van der Waals surface area contributed by atoms with Gasteiger partial charge in [-0.05, 0) is 53.5 Å². The molecule has 0 spiro atoms. The Labute approximate surface area is 213 Å². The van der Waals surface area contributed by atoms with Crippen molar-refractivity contribution >= 4 is 24.2 Å². The van der Waals surface area contributed by atoms with Crippen LogP contribution < -0.4 is 10.6 Å². The van der Waals surface area contributed by atoms with Crippen LogP contribution in [0.15, 0.2) is 35.3 Å². The van der Waals surface area contributed by atoms with Crippen molar-refractivity contribution in [1.82, 2.24) is 15.5 Å². The molecule has 0 aliphatic rings. The van der Waals surface area contributed by atoms with Gasteiger partial charge in [0.15, 0.2) is 0 Å². The van der Waals surface area contributed by atoms with Crippen molar-refractivity contribution in [3.63, 3.8) is 0 Å². The number of hydrogen-bond donors (Lipinski definition) is 2. The molecule has 0 atom stereocenters. The molecule has 10 heteroatoms. The molecule has 0 fully saturated rings.